The highest BCUT2D eigenvalue weighted by molar-refractivity contribution is 5.89. The van der Waals surface area contributed by atoms with Gasteiger partial charge in [0.15, 0.2) is 0 Å². The van der Waals surface area contributed by atoms with Gasteiger partial charge in [0.2, 0.25) is 5.82 Å². The number of rotatable bonds is 6. The molecule has 0 bridgehead atoms. The Morgan fingerprint density at radius 1 is 1.21 bits per heavy atom. The van der Waals surface area contributed by atoms with Crippen LogP contribution in [0.25, 0.3) is 11.4 Å². The van der Waals surface area contributed by atoms with E-state index in [0.717, 1.165) is 35.8 Å². The van der Waals surface area contributed by atoms with Gasteiger partial charge in [0.05, 0.1) is 7.11 Å². The first kappa shape index (κ1) is 18.0. The van der Waals surface area contributed by atoms with Gasteiger partial charge in [-0.1, -0.05) is 17.3 Å². The molecule has 0 radical (unpaired) electrons. The third kappa shape index (κ3) is 3.95. The first-order chi connectivity index (χ1) is 13.7. The van der Waals surface area contributed by atoms with Crippen molar-refractivity contribution in [1.82, 2.24) is 20.4 Å². The molecular formula is C20H21N5O3. The Hall–Kier alpha value is -3.42. The maximum Gasteiger partial charge on any atom is 0.316 e. The second-order valence-corrected chi connectivity index (χ2v) is 6.55. The van der Waals surface area contributed by atoms with Gasteiger partial charge in [-0.05, 0) is 42.7 Å². The maximum atomic E-state index is 12.3. The summed E-state index contributed by atoms with van der Waals surface area (Å²) in [5.41, 5.74) is 1.72. The minimum Gasteiger partial charge on any atom is -0.497 e. The van der Waals surface area contributed by atoms with E-state index in [9.17, 15) is 4.79 Å². The van der Waals surface area contributed by atoms with Crippen LogP contribution >= 0.6 is 0 Å². The molecule has 1 aliphatic heterocycles. The predicted octanol–water partition coefficient (Wildman–Crippen LogP) is 2.67. The van der Waals surface area contributed by atoms with E-state index in [0.29, 0.717) is 12.4 Å². The Labute approximate surface area is 162 Å². The van der Waals surface area contributed by atoms with E-state index in [1.165, 1.54) is 12.8 Å². The lowest BCUT2D eigenvalue weighted by atomic mass is 10.2. The van der Waals surface area contributed by atoms with Crippen molar-refractivity contribution in [2.45, 2.75) is 19.4 Å². The molecular weight excluding hydrogens is 358 g/mol. The van der Waals surface area contributed by atoms with Crippen LogP contribution in [0.15, 0.2) is 47.1 Å². The van der Waals surface area contributed by atoms with Crippen LogP contribution in [-0.2, 0) is 6.54 Å². The summed E-state index contributed by atoms with van der Waals surface area (Å²) in [5.74, 6) is 1.55. The fraction of sp³-hybridized carbons (Fsp3) is 0.300. The largest absolute Gasteiger partial charge is 0.497 e. The summed E-state index contributed by atoms with van der Waals surface area (Å²) in [6.07, 6.45) is 4.07. The van der Waals surface area contributed by atoms with Crippen molar-refractivity contribution >= 4 is 11.7 Å². The van der Waals surface area contributed by atoms with Gasteiger partial charge >= 0.3 is 11.8 Å². The van der Waals surface area contributed by atoms with Crippen LogP contribution in [0.2, 0.25) is 0 Å². The molecule has 1 N–H and O–H groups in total. The fourth-order valence-corrected chi connectivity index (χ4v) is 3.11. The molecule has 144 valence electrons. The van der Waals surface area contributed by atoms with E-state index in [-0.39, 0.29) is 5.89 Å². The Morgan fingerprint density at radius 2 is 2.00 bits per heavy atom. The lowest BCUT2D eigenvalue weighted by molar-refractivity contribution is 0.0907. The van der Waals surface area contributed by atoms with Crippen LogP contribution < -0.4 is 15.0 Å². The third-order valence-corrected chi connectivity index (χ3v) is 4.67. The highest BCUT2D eigenvalue weighted by Crippen LogP contribution is 2.23. The SMILES string of the molecule is COc1ccc(CNC(=O)c2nc(-c3ccnc(N4CCCC4)c3)no2)cc1. The Bertz CT molecular complexity index is 948. The topological polar surface area (TPSA) is 93.4 Å². The van der Waals surface area contributed by atoms with Crippen molar-refractivity contribution in [2.24, 2.45) is 0 Å². The number of benzene rings is 1. The number of ether oxygens (including phenoxy) is 1. The molecule has 0 atom stereocenters. The second kappa shape index (κ2) is 8.08. The average Bonchev–Trinajstić information content (AvgIpc) is 3.45. The highest BCUT2D eigenvalue weighted by Gasteiger charge is 2.18. The molecule has 4 rings (SSSR count). The van der Waals surface area contributed by atoms with Gasteiger partial charge in [-0.3, -0.25) is 4.79 Å². The van der Waals surface area contributed by atoms with Crippen LogP contribution in [0.5, 0.6) is 5.75 Å². The van der Waals surface area contributed by atoms with E-state index in [4.69, 9.17) is 9.26 Å². The molecule has 1 amide bonds. The molecule has 3 aromatic rings. The van der Waals surface area contributed by atoms with Gasteiger partial charge in [0, 0.05) is 31.4 Å². The number of nitrogens with zero attached hydrogens (tertiary/aromatic N) is 4. The molecule has 0 saturated carbocycles. The quantitative estimate of drug-likeness (QED) is 0.704. The van der Waals surface area contributed by atoms with Crippen molar-refractivity contribution in [1.29, 1.82) is 0 Å². The molecule has 1 aromatic carbocycles. The lowest BCUT2D eigenvalue weighted by Crippen LogP contribution is -2.23. The molecule has 28 heavy (non-hydrogen) atoms. The number of aromatic nitrogens is 3. The smallest absolute Gasteiger partial charge is 0.316 e. The molecule has 8 nitrogen and oxygen atoms in total. The molecule has 1 aliphatic rings. The van der Waals surface area contributed by atoms with Crippen LogP contribution in [0.4, 0.5) is 5.82 Å². The first-order valence-corrected chi connectivity index (χ1v) is 9.19. The molecule has 0 aliphatic carbocycles. The van der Waals surface area contributed by atoms with E-state index in [2.05, 4.69) is 25.3 Å². The van der Waals surface area contributed by atoms with Gasteiger partial charge in [0.1, 0.15) is 11.6 Å². The third-order valence-electron chi connectivity index (χ3n) is 4.67. The molecule has 1 fully saturated rings. The molecule has 3 heterocycles. The maximum absolute atomic E-state index is 12.3. The van der Waals surface area contributed by atoms with Crippen molar-refractivity contribution in [3.63, 3.8) is 0 Å². The number of nitrogens with one attached hydrogen (secondary N) is 1. The summed E-state index contributed by atoms with van der Waals surface area (Å²) in [6.45, 7) is 2.36. The van der Waals surface area contributed by atoms with Gasteiger partial charge in [-0.15, -0.1) is 0 Å². The van der Waals surface area contributed by atoms with Crippen molar-refractivity contribution < 1.29 is 14.1 Å². The number of methoxy groups -OCH3 is 1. The number of carbonyl (C=O) groups is 1. The Morgan fingerprint density at radius 3 is 2.75 bits per heavy atom. The van der Waals surface area contributed by atoms with E-state index < -0.39 is 5.91 Å². The lowest BCUT2D eigenvalue weighted by Gasteiger charge is -2.16. The van der Waals surface area contributed by atoms with Crippen LogP contribution in [-0.4, -0.2) is 41.2 Å². The predicted molar refractivity (Wildman–Crippen MR) is 103 cm³/mol. The summed E-state index contributed by atoms with van der Waals surface area (Å²) in [4.78, 5) is 23.2. The Balaban J connectivity index is 1.42. The van der Waals surface area contributed by atoms with Gasteiger partial charge in [0.25, 0.3) is 0 Å². The van der Waals surface area contributed by atoms with E-state index >= 15 is 0 Å². The minimum atomic E-state index is -0.414. The first-order valence-electron chi connectivity index (χ1n) is 9.19. The molecule has 8 heteroatoms. The van der Waals surface area contributed by atoms with E-state index in [1.54, 1.807) is 13.3 Å². The number of carbonyl (C=O) groups excluding carboxylic acids is 1. The van der Waals surface area contributed by atoms with Crippen LogP contribution in [0, 0.1) is 0 Å². The summed E-state index contributed by atoms with van der Waals surface area (Å²) < 4.78 is 10.3. The molecule has 1 saturated heterocycles. The number of hydrogen-bond donors (Lipinski definition) is 1. The van der Waals surface area contributed by atoms with E-state index in [1.807, 2.05) is 36.4 Å². The zero-order valence-corrected chi connectivity index (χ0v) is 15.6. The summed E-state index contributed by atoms with van der Waals surface area (Å²) >= 11 is 0. The van der Waals surface area contributed by atoms with Crippen LogP contribution in [0.1, 0.15) is 29.1 Å². The number of pyridine rings is 1. The van der Waals surface area contributed by atoms with Crippen molar-refractivity contribution in [3.8, 4) is 17.1 Å². The normalized spacial score (nSPS) is 13.5. The summed E-state index contributed by atoms with van der Waals surface area (Å²) in [7, 11) is 1.61. The van der Waals surface area contributed by atoms with Crippen LogP contribution in [0.3, 0.4) is 0 Å². The number of hydrogen-bond acceptors (Lipinski definition) is 7. The highest BCUT2D eigenvalue weighted by atomic mass is 16.5. The zero-order valence-electron chi connectivity index (χ0n) is 15.6. The average molecular weight is 379 g/mol. The summed E-state index contributed by atoms with van der Waals surface area (Å²) in [5, 5.41) is 6.72. The summed E-state index contributed by atoms with van der Waals surface area (Å²) in [6, 6.07) is 11.2. The second-order valence-electron chi connectivity index (χ2n) is 6.55. The number of amides is 1. The minimum absolute atomic E-state index is 0.0666. The Kier molecular flexibility index (Phi) is 5.18. The number of anilines is 1. The van der Waals surface area contributed by atoms with Crippen molar-refractivity contribution in [3.05, 3.63) is 54.0 Å². The van der Waals surface area contributed by atoms with Crippen molar-refractivity contribution in [2.75, 3.05) is 25.1 Å². The van der Waals surface area contributed by atoms with Gasteiger partial charge < -0.3 is 19.5 Å². The fourth-order valence-electron chi connectivity index (χ4n) is 3.11. The monoisotopic (exact) mass is 379 g/mol. The molecule has 2 aromatic heterocycles. The zero-order chi connectivity index (χ0) is 19.3. The van der Waals surface area contributed by atoms with Gasteiger partial charge in [-0.2, -0.15) is 4.98 Å². The molecule has 0 spiro atoms. The molecule has 0 unspecified atom stereocenters. The van der Waals surface area contributed by atoms with Gasteiger partial charge in [-0.25, -0.2) is 4.98 Å². The standard InChI is InChI=1S/C20H21N5O3/c1-27-16-6-4-14(5-7-16)13-22-19(26)20-23-18(24-28-20)15-8-9-21-17(12-15)25-10-2-3-11-25/h4-9,12H,2-3,10-11,13H2,1H3,(H,22,26).